The number of piperidine rings is 3. The lowest BCUT2D eigenvalue weighted by molar-refractivity contribution is -0.983. The van der Waals surface area contributed by atoms with Crippen LogP contribution in [0.25, 0.3) is 10.9 Å². The zero-order chi connectivity index (χ0) is 34.3. The summed E-state index contributed by atoms with van der Waals surface area (Å²) in [4.78, 5) is 18.3. The number of carbonyl (C=O) groups is 1. The monoisotopic (exact) mass is 669 g/mol. The summed E-state index contributed by atoms with van der Waals surface area (Å²) < 4.78 is 87.7. The summed E-state index contributed by atoms with van der Waals surface area (Å²) in [6.07, 6.45) is -4.83. The minimum atomic E-state index is -5.06. The number of fused-ring (bicyclic) bond motifs is 4. The topological polar surface area (TPSA) is 63.2 Å². The van der Waals surface area contributed by atoms with Crippen LogP contribution in [0.15, 0.2) is 91.6 Å². The number of hydrogen-bond acceptors (Lipinski definition) is 3. The number of carbonyl (C=O) groups excluding carboxylic acids is 1. The highest BCUT2D eigenvalue weighted by Crippen LogP contribution is 2.48. The average molecular weight is 670 g/mol. The second-order valence-corrected chi connectivity index (χ2v) is 12.7. The molecule has 2 amide bonds. The van der Waals surface area contributed by atoms with Crippen molar-refractivity contribution in [2.45, 2.75) is 43.8 Å². The number of pyridine rings is 1. The quantitative estimate of drug-likeness (QED) is 0.112. The number of anilines is 1. The van der Waals surface area contributed by atoms with Crippen LogP contribution < -0.4 is 15.4 Å². The van der Waals surface area contributed by atoms with E-state index in [4.69, 9.17) is 4.74 Å². The van der Waals surface area contributed by atoms with E-state index >= 15 is 0 Å². The smallest absolute Gasteiger partial charge is 0.416 e. The number of rotatable bonds is 8. The normalized spacial score (nSPS) is 23.0. The molecule has 3 aliphatic rings. The maximum Gasteiger partial charge on any atom is 0.416 e. The van der Waals surface area contributed by atoms with Gasteiger partial charge in [-0.1, -0.05) is 36.4 Å². The Morgan fingerprint density at radius 3 is 2.38 bits per heavy atom. The van der Waals surface area contributed by atoms with Crippen LogP contribution in [0, 0.1) is 11.8 Å². The summed E-state index contributed by atoms with van der Waals surface area (Å²) in [6, 6.07) is 16.4. The molecule has 48 heavy (non-hydrogen) atoms. The summed E-state index contributed by atoms with van der Waals surface area (Å²) in [5.41, 5.74) is -1.20. The minimum Gasteiger partial charge on any atom is -0.497 e. The number of ether oxygens (including phenoxy) is 1. The van der Waals surface area contributed by atoms with Crippen molar-refractivity contribution in [3.05, 3.63) is 114 Å². The molecule has 4 aromatic rings. The molecule has 7 rings (SSSR count). The van der Waals surface area contributed by atoms with Gasteiger partial charge in [0, 0.05) is 41.6 Å². The molecule has 3 aliphatic heterocycles. The number of amides is 2. The van der Waals surface area contributed by atoms with Gasteiger partial charge in [0.25, 0.3) is 0 Å². The summed E-state index contributed by atoms with van der Waals surface area (Å²) in [6.45, 7) is 6.35. The van der Waals surface area contributed by atoms with E-state index in [0.717, 1.165) is 25.1 Å². The lowest BCUT2D eigenvalue weighted by Crippen LogP contribution is -2.69. The molecule has 252 valence electrons. The van der Waals surface area contributed by atoms with Crippen LogP contribution in [0.2, 0.25) is 0 Å². The molecule has 3 fully saturated rings. The molecule has 1 aromatic heterocycles. The molecule has 2 N–H and O–H groups in total. The van der Waals surface area contributed by atoms with E-state index in [1.54, 1.807) is 24.4 Å². The number of methoxy groups -OCH3 is 1. The molecular formula is C36H35F6N4O2+. The number of urea groups is 1. The molecule has 5 atom stereocenters. The average Bonchev–Trinajstić information content (AvgIpc) is 3.06. The molecule has 0 unspecified atom stereocenters. The molecule has 3 saturated heterocycles. The zero-order valence-electron chi connectivity index (χ0n) is 26.1. The van der Waals surface area contributed by atoms with Crippen molar-refractivity contribution in [3.8, 4) is 5.75 Å². The van der Waals surface area contributed by atoms with E-state index in [2.05, 4.69) is 34.3 Å². The Morgan fingerprint density at radius 1 is 1.02 bits per heavy atom. The lowest BCUT2D eigenvalue weighted by Gasteiger charge is -2.58. The third-order valence-electron chi connectivity index (χ3n) is 9.85. The number of aromatic nitrogens is 1. The maximum atomic E-state index is 13.8. The van der Waals surface area contributed by atoms with Crippen LogP contribution >= 0.6 is 0 Å². The van der Waals surface area contributed by atoms with Gasteiger partial charge in [-0.15, -0.1) is 6.58 Å². The molecule has 0 radical (unpaired) electrons. The Balaban J connectivity index is 1.44. The first-order valence-electron chi connectivity index (χ1n) is 15.6. The zero-order valence-corrected chi connectivity index (χ0v) is 26.1. The van der Waals surface area contributed by atoms with Gasteiger partial charge >= 0.3 is 18.4 Å². The Labute approximate surface area is 274 Å². The van der Waals surface area contributed by atoms with E-state index in [0.29, 0.717) is 51.8 Å². The van der Waals surface area contributed by atoms with E-state index < -0.39 is 41.2 Å². The molecule has 0 spiro atoms. The highest BCUT2D eigenvalue weighted by molar-refractivity contribution is 5.91. The van der Waals surface area contributed by atoms with Crippen molar-refractivity contribution in [1.29, 1.82) is 0 Å². The Hall–Kier alpha value is -4.58. The molecule has 3 aromatic carbocycles. The van der Waals surface area contributed by atoms with Gasteiger partial charge in [-0.25, -0.2) is 4.79 Å². The van der Waals surface area contributed by atoms with Crippen molar-refractivity contribution < 1.29 is 40.4 Å². The number of alkyl halides is 6. The van der Waals surface area contributed by atoms with Gasteiger partial charge in [0.2, 0.25) is 0 Å². The number of halogens is 6. The fraction of sp³-hybridized carbons (Fsp3) is 0.333. The minimum absolute atomic E-state index is 0.0297. The van der Waals surface area contributed by atoms with Crippen molar-refractivity contribution in [3.63, 3.8) is 0 Å². The van der Waals surface area contributed by atoms with E-state index in [1.807, 2.05) is 30.3 Å². The van der Waals surface area contributed by atoms with Gasteiger partial charge in [-0.05, 0) is 53.9 Å². The third-order valence-corrected chi connectivity index (χ3v) is 9.85. The molecule has 12 heteroatoms. The number of hydrogen-bond donors (Lipinski definition) is 2. The number of nitrogens with zero attached hydrogens (tertiary/aromatic N) is 2. The number of quaternary nitrogens is 1. The third kappa shape index (κ3) is 6.71. The summed E-state index contributed by atoms with van der Waals surface area (Å²) in [5, 5.41) is 6.00. The van der Waals surface area contributed by atoms with Gasteiger partial charge in [-0.2, -0.15) is 26.3 Å². The SMILES string of the molecule is C=C[C@H]1C[N@+]2(Cc3ccccc3)CC[C@H]1C[C@H]2[C@@H](NC(=O)Nc1cc(C(F)(F)F)cc(C(F)(F)F)c1)c1ccnc2ccc(OC)cc12. The standard InChI is InChI=1S/C36H34F6N4O2/c1-3-23-21-46(20-22-7-5-4-6-8-22)14-12-24(23)15-32(46)33(29-11-13-43-31-10-9-28(48-2)19-30(29)31)45-34(47)44-27-17-25(35(37,38)39)16-26(18-27)36(40,41)42/h3-11,13,16-19,23-24,32-33H,1,12,14-15,20-21H2,2H3,(H-,44,45,47)/p+1/t23-,24-,32-,33-,46+/m0/s1. The van der Waals surface area contributed by atoms with E-state index in [-0.39, 0.29) is 23.9 Å². The fourth-order valence-corrected chi connectivity index (χ4v) is 7.61. The number of benzene rings is 3. The van der Waals surface area contributed by atoms with Crippen LogP contribution in [0.3, 0.4) is 0 Å². The Morgan fingerprint density at radius 2 is 1.73 bits per heavy atom. The largest absolute Gasteiger partial charge is 0.497 e. The van der Waals surface area contributed by atoms with Gasteiger partial charge in [0.15, 0.2) is 0 Å². The van der Waals surface area contributed by atoms with Gasteiger partial charge < -0.3 is 19.9 Å². The van der Waals surface area contributed by atoms with Crippen molar-refractivity contribution >= 4 is 22.6 Å². The summed E-state index contributed by atoms with van der Waals surface area (Å²) in [5.74, 6) is 1.10. The first kappa shape index (κ1) is 33.3. The molecule has 4 heterocycles. The number of nitrogens with one attached hydrogen (secondary N) is 2. The Bertz CT molecular complexity index is 1780. The maximum absolute atomic E-state index is 13.8. The summed E-state index contributed by atoms with van der Waals surface area (Å²) in [7, 11) is 1.53. The van der Waals surface area contributed by atoms with Gasteiger partial charge in [0.05, 0.1) is 36.8 Å². The van der Waals surface area contributed by atoms with Gasteiger partial charge in [0.1, 0.15) is 24.4 Å². The second kappa shape index (κ2) is 12.8. The molecule has 0 saturated carbocycles. The Kier molecular flexibility index (Phi) is 8.88. The molecule has 0 aliphatic carbocycles. The van der Waals surface area contributed by atoms with Crippen LogP contribution in [-0.4, -0.2) is 41.7 Å². The van der Waals surface area contributed by atoms with Crippen LogP contribution in [0.1, 0.15) is 41.1 Å². The predicted octanol–water partition coefficient (Wildman–Crippen LogP) is 8.76. The van der Waals surface area contributed by atoms with E-state index in [9.17, 15) is 31.1 Å². The van der Waals surface area contributed by atoms with Crippen molar-refractivity contribution in [2.75, 3.05) is 25.5 Å². The highest BCUT2D eigenvalue weighted by Gasteiger charge is 2.54. The van der Waals surface area contributed by atoms with Crippen LogP contribution in [0.4, 0.5) is 36.8 Å². The lowest BCUT2D eigenvalue weighted by atomic mass is 9.70. The van der Waals surface area contributed by atoms with Crippen molar-refractivity contribution in [1.82, 2.24) is 10.3 Å². The van der Waals surface area contributed by atoms with E-state index in [1.165, 1.54) is 7.11 Å². The highest BCUT2D eigenvalue weighted by atomic mass is 19.4. The predicted molar refractivity (Wildman–Crippen MR) is 170 cm³/mol. The van der Waals surface area contributed by atoms with Crippen molar-refractivity contribution in [2.24, 2.45) is 11.8 Å². The molecule has 6 nitrogen and oxygen atoms in total. The second-order valence-electron chi connectivity index (χ2n) is 12.7. The van der Waals surface area contributed by atoms with Crippen LogP contribution in [-0.2, 0) is 18.9 Å². The molecule has 2 bridgehead atoms. The van der Waals surface area contributed by atoms with Gasteiger partial charge in [-0.3, -0.25) is 4.98 Å². The van der Waals surface area contributed by atoms with Crippen LogP contribution in [0.5, 0.6) is 5.75 Å². The first-order chi connectivity index (χ1) is 22.8. The summed E-state index contributed by atoms with van der Waals surface area (Å²) >= 11 is 0. The fourth-order valence-electron chi connectivity index (χ4n) is 7.61. The first-order valence-corrected chi connectivity index (χ1v) is 15.6. The molecular weight excluding hydrogens is 634 g/mol.